The lowest BCUT2D eigenvalue weighted by Gasteiger charge is -2.03. The fourth-order valence-electron chi connectivity index (χ4n) is 2.08. The third kappa shape index (κ3) is 2.30. The Kier molecular flexibility index (Phi) is 3.23. The van der Waals surface area contributed by atoms with Gasteiger partial charge in [-0.1, -0.05) is 17.7 Å². The fourth-order valence-corrected chi connectivity index (χ4v) is 3.10. The van der Waals surface area contributed by atoms with E-state index >= 15 is 0 Å². The zero-order valence-electron chi connectivity index (χ0n) is 10.6. The molecule has 0 aliphatic carbocycles. The van der Waals surface area contributed by atoms with E-state index in [1.54, 1.807) is 6.20 Å². The normalized spacial score (nSPS) is 11.1. The van der Waals surface area contributed by atoms with Crippen LogP contribution in [0.5, 0.6) is 0 Å². The van der Waals surface area contributed by atoms with Crippen molar-refractivity contribution in [1.29, 1.82) is 0 Å². The number of hydrogen-bond donors (Lipinski definition) is 1. The van der Waals surface area contributed by atoms with Crippen molar-refractivity contribution in [3.8, 4) is 11.3 Å². The summed E-state index contributed by atoms with van der Waals surface area (Å²) in [6, 6.07) is 5.83. The first kappa shape index (κ1) is 13.1. The predicted molar refractivity (Wildman–Crippen MR) is 79.6 cm³/mol. The minimum absolute atomic E-state index is 0.0620. The lowest BCUT2D eigenvalue weighted by Crippen LogP contribution is -1.99. The molecule has 0 amide bonds. The van der Waals surface area contributed by atoms with Crippen LogP contribution in [0.1, 0.15) is 11.3 Å². The first-order valence-electron chi connectivity index (χ1n) is 5.98. The van der Waals surface area contributed by atoms with Crippen molar-refractivity contribution in [2.75, 3.05) is 0 Å². The highest BCUT2D eigenvalue weighted by Gasteiger charge is 2.12. The Morgan fingerprint density at radius 3 is 3.00 bits per heavy atom. The number of halogens is 1. The average Bonchev–Trinajstić information content (AvgIpc) is 2.91. The molecular weight excluding hydrogens is 296 g/mol. The zero-order chi connectivity index (χ0) is 14.3. The van der Waals surface area contributed by atoms with Crippen LogP contribution in [-0.2, 0) is 11.2 Å². The molecule has 4 nitrogen and oxygen atoms in total. The maximum atomic E-state index is 10.7. The van der Waals surface area contributed by atoms with E-state index < -0.39 is 5.97 Å². The third-order valence-corrected chi connectivity index (χ3v) is 4.31. The second kappa shape index (κ2) is 4.92. The Hall–Kier alpha value is -1.85. The van der Waals surface area contributed by atoms with Gasteiger partial charge in [-0.3, -0.25) is 9.20 Å². The maximum Gasteiger partial charge on any atom is 0.309 e. The highest BCUT2D eigenvalue weighted by atomic mass is 35.5. The Bertz CT molecular complexity index is 807. The van der Waals surface area contributed by atoms with Crippen LogP contribution in [0.3, 0.4) is 0 Å². The topological polar surface area (TPSA) is 54.6 Å². The smallest absolute Gasteiger partial charge is 0.309 e. The van der Waals surface area contributed by atoms with Gasteiger partial charge in [0.25, 0.3) is 0 Å². The van der Waals surface area contributed by atoms with Gasteiger partial charge in [-0.2, -0.15) is 0 Å². The average molecular weight is 307 g/mol. The summed E-state index contributed by atoms with van der Waals surface area (Å²) in [7, 11) is 0. The van der Waals surface area contributed by atoms with Gasteiger partial charge in [0.2, 0.25) is 0 Å². The van der Waals surface area contributed by atoms with Crippen LogP contribution in [0.25, 0.3) is 16.2 Å². The number of imidazole rings is 1. The van der Waals surface area contributed by atoms with Gasteiger partial charge in [0, 0.05) is 16.6 Å². The van der Waals surface area contributed by atoms with Crippen molar-refractivity contribution in [2.45, 2.75) is 13.3 Å². The number of fused-ring (bicyclic) bond motifs is 1. The fraction of sp³-hybridized carbons (Fsp3) is 0.143. The van der Waals surface area contributed by atoms with Gasteiger partial charge in [0.05, 0.1) is 17.8 Å². The van der Waals surface area contributed by atoms with Crippen molar-refractivity contribution in [3.63, 3.8) is 0 Å². The summed E-state index contributed by atoms with van der Waals surface area (Å²) in [5, 5.41) is 11.6. The standard InChI is InChI=1S/C14H11ClN2O2S/c1-8-4-9(2-3-11(8)15)12-7-20-14-16-10(5-13(18)19)6-17(12)14/h2-4,6-7H,5H2,1H3,(H,18,19). The van der Waals surface area contributed by atoms with Crippen molar-refractivity contribution >= 4 is 33.9 Å². The molecule has 3 aromatic rings. The van der Waals surface area contributed by atoms with E-state index in [0.717, 1.165) is 26.8 Å². The number of hydrogen-bond acceptors (Lipinski definition) is 3. The second-order valence-electron chi connectivity index (χ2n) is 4.54. The van der Waals surface area contributed by atoms with Gasteiger partial charge in [0.1, 0.15) is 0 Å². The molecule has 0 fully saturated rings. The number of aryl methyl sites for hydroxylation is 1. The third-order valence-electron chi connectivity index (χ3n) is 3.05. The zero-order valence-corrected chi connectivity index (χ0v) is 12.2. The second-order valence-corrected chi connectivity index (χ2v) is 5.78. The number of nitrogens with zero attached hydrogens (tertiary/aromatic N) is 2. The summed E-state index contributed by atoms with van der Waals surface area (Å²) in [4.78, 5) is 15.9. The van der Waals surface area contributed by atoms with Crippen LogP contribution in [0.4, 0.5) is 0 Å². The molecular formula is C14H11ClN2O2S. The van der Waals surface area contributed by atoms with Gasteiger partial charge >= 0.3 is 5.97 Å². The summed E-state index contributed by atoms with van der Waals surface area (Å²) in [5.74, 6) is -0.875. The van der Waals surface area contributed by atoms with Crippen molar-refractivity contribution < 1.29 is 9.90 Å². The molecule has 0 saturated heterocycles. The summed E-state index contributed by atoms with van der Waals surface area (Å²) < 4.78 is 1.92. The Morgan fingerprint density at radius 1 is 1.50 bits per heavy atom. The van der Waals surface area contributed by atoms with Crippen LogP contribution in [0.15, 0.2) is 29.8 Å². The van der Waals surface area contributed by atoms with Crippen molar-refractivity contribution in [2.24, 2.45) is 0 Å². The molecule has 3 rings (SSSR count). The Labute approximate surface area is 124 Å². The van der Waals surface area contributed by atoms with E-state index in [1.165, 1.54) is 11.3 Å². The first-order valence-corrected chi connectivity index (χ1v) is 7.24. The molecule has 2 aromatic heterocycles. The van der Waals surface area contributed by atoms with E-state index in [2.05, 4.69) is 4.98 Å². The molecule has 2 heterocycles. The number of carboxylic acid groups (broad SMARTS) is 1. The van der Waals surface area contributed by atoms with E-state index in [4.69, 9.17) is 16.7 Å². The molecule has 0 radical (unpaired) electrons. The Balaban J connectivity index is 2.08. The van der Waals surface area contributed by atoms with Gasteiger partial charge in [-0.15, -0.1) is 11.3 Å². The first-order chi connectivity index (χ1) is 9.54. The van der Waals surface area contributed by atoms with E-state index in [-0.39, 0.29) is 6.42 Å². The van der Waals surface area contributed by atoms with Gasteiger partial charge in [-0.25, -0.2) is 4.98 Å². The molecule has 20 heavy (non-hydrogen) atoms. The molecule has 0 saturated carbocycles. The molecule has 0 spiro atoms. The van der Waals surface area contributed by atoms with E-state index in [1.807, 2.05) is 34.9 Å². The number of benzene rings is 1. The molecule has 102 valence electrons. The van der Waals surface area contributed by atoms with Gasteiger partial charge < -0.3 is 5.11 Å². The molecule has 0 unspecified atom stereocenters. The predicted octanol–water partition coefficient (Wildman–Crippen LogP) is 3.65. The number of rotatable bonds is 3. The number of aromatic nitrogens is 2. The summed E-state index contributed by atoms with van der Waals surface area (Å²) >= 11 is 7.53. The van der Waals surface area contributed by atoms with Crippen LogP contribution in [-0.4, -0.2) is 20.5 Å². The van der Waals surface area contributed by atoms with E-state index in [9.17, 15) is 4.79 Å². The highest BCUT2D eigenvalue weighted by Crippen LogP contribution is 2.29. The van der Waals surface area contributed by atoms with Crippen LogP contribution < -0.4 is 0 Å². The highest BCUT2D eigenvalue weighted by molar-refractivity contribution is 7.15. The number of carbonyl (C=O) groups is 1. The van der Waals surface area contributed by atoms with Crippen molar-refractivity contribution in [3.05, 3.63) is 46.1 Å². The molecule has 6 heteroatoms. The van der Waals surface area contributed by atoms with Crippen LogP contribution >= 0.6 is 22.9 Å². The largest absolute Gasteiger partial charge is 0.481 e. The Morgan fingerprint density at radius 2 is 2.30 bits per heavy atom. The summed E-state index contributed by atoms with van der Waals surface area (Å²) in [6.45, 7) is 1.96. The molecule has 0 aliphatic rings. The number of carboxylic acids is 1. The quantitative estimate of drug-likeness (QED) is 0.803. The monoisotopic (exact) mass is 306 g/mol. The molecule has 0 atom stereocenters. The minimum atomic E-state index is -0.875. The lowest BCUT2D eigenvalue weighted by molar-refractivity contribution is -0.136. The number of aliphatic carboxylic acids is 1. The number of thiazole rings is 1. The summed E-state index contributed by atoms with van der Waals surface area (Å²) in [6.07, 6.45) is 1.71. The van der Waals surface area contributed by atoms with Gasteiger partial charge in [-0.05, 0) is 30.2 Å². The van der Waals surface area contributed by atoms with E-state index in [0.29, 0.717) is 5.69 Å². The minimum Gasteiger partial charge on any atom is -0.481 e. The lowest BCUT2D eigenvalue weighted by atomic mass is 10.1. The summed E-state index contributed by atoms with van der Waals surface area (Å²) in [5.41, 5.74) is 3.61. The molecule has 1 N–H and O–H groups in total. The molecule has 0 bridgehead atoms. The maximum absolute atomic E-state index is 10.7. The molecule has 0 aliphatic heterocycles. The van der Waals surface area contributed by atoms with Crippen LogP contribution in [0, 0.1) is 6.92 Å². The van der Waals surface area contributed by atoms with Gasteiger partial charge in [0.15, 0.2) is 4.96 Å². The molecule has 1 aromatic carbocycles. The SMILES string of the molecule is Cc1cc(-c2csc3nc(CC(=O)O)cn23)ccc1Cl. The van der Waals surface area contributed by atoms with Crippen molar-refractivity contribution in [1.82, 2.24) is 9.38 Å². The van der Waals surface area contributed by atoms with Crippen LogP contribution in [0.2, 0.25) is 5.02 Å².